The number of fused-ring (bicyclic) bond motifs is 5. The number of anilines is 6. The maximum absolute atomic E-state index is 6.81. The van der Waals surface area contributed by atoms with Gasteiger partial charge in [0.15, 0.2) is 0 Å². The van der Waals surface area contributed by atoms with E-state index in [2.05, 4.69) is 168 Å². The Balaban J connectivity index is 1.10. The van der Waals surface area contributed by atoms with Crippen molar-refractivity contribution in [3.63, 3.8) is 0 Å². The normalized spacial score (nSPS) is 15.5. The zero-order chi connectivity index (χ0) is 36.6. The van der Waals surface area contributed by atoms with Crippen LogP contribution >= 0.6 is 0 Å². The fourth-order valence-corrected chi connectivity index (χ4v) is 9.63. The molecule has 0 N–H and O–H groups in total. The Morgan fingerprint density at radius 2 is 0.836 bits per heavy atom. The van der Waals surface area contributed by atoms with Gasteiger partial charge in [-0.05, 0) is 121 Å². The van der Waals surface area contributed by atoms with Gasteiger partial charge in [-0.15, -0.1) is 0 Å². The van der Waals surface area contributed by atoms with Crippen LogP contribution in [0, 0.1) is 0 Å². The molecule has 0 bridgehead atoms. The third-order valence-electron chi connectivity index (χ3n) is 12.4. The van der Waals surface area contributed by atoms with Crippen molar-refractivity contribution < 1.29 is 4.42 Å². The Labute approximate surface area is 324 Å². The molecule has 0 unspecified atom stereocenters. The summed E-state index contributed by atoms with van der Waals surface area (Å²) >= 11 is 0. The number of hydrogen-bond acceptors (Lipinski definition) is 3. The van der Waals surface area contributed by atoms with Gasteiger partial charge in [0.05, 0.1) is 5.69 Å². The van der Waals surface area contributed by atoms with Gasteiger partial charge in [0.1, 0.15) is 11.2 Å². The van der Waals surface area contributed by atoms with Crippen LogP contribution in [0.4, 0.5) is 34.1 Å². The highest BCUT2D eigenvalue weighted by molar-refractivity contribution is 6.23. The second kappa shape index (κ2) is 14.8. The van der Waals surface area contributed by atoms with Crippen molar-refractivity contribution in [1.29, 1.82) is 0 Å². The SMILES string of the molecule is c1ccc(N(c2ccc(C3CCCCC3)cc2)c2ccc3oc4cc(N(c5ccccc5)c5ccc(C6CCCCC6)cc5)c5ccccc5c4c3c2)cc1. The summed E-state index contributed by atoms with van der Waals surface area (Å²) in [6.45, 7) is 0. The van der Waals surface area contributed by atoms with Crippen LogP contribution in [0.15, 0.2) is 162 Å². The smallest absolute Gasteiger partial charge is 0.138 e. The summed E-state index contributed by atoms with van der Waals surface area (Å²) in [7, 11) is 0. The zero-order valence-electron chi connectivity index (χ0n) is 31.5. The second-order valence-electron chi connectivity index (χ2n) is 15.8. The molecule has 2 saturated carbocycles. The average molecular weight is 717 g/mol. The summed E-state index contributed by atoms with van der Waals surface area (Å²) in [6, 6.07) is 58.1. The largest absolute Gasteiger partial charge is 0.456 e. The van der Waals surface area contributed by atoms with E-state index < -0.39 is 0 Å². The number of rotatable bonds is 8. The number of furan rings is 1. The van der Waals surface area contributed by atoms with E-state index in [0.29, 0.717) is 11.8 Å². The molecule has 10 rings (SSSR count). The molecule has 2 fully saturated rings. The summed E-state index contributed by atoms with van der Waals surface area (Å²) in [5.41, 5.74) is 11.5. The predicted octanol–water partition coefficient (Wildman–Crippen LogP) is 15.8. The summed E-state index contributed by atoms with van der Waals surface area (Å²) in [6.07, 6.45) is 13.3. The molecule has 2 aliphatic carbocycles. The minimum atomic E-state index is 0.671. The van der Waals surface area contributed by atoms with Crippen molar-refractivity contribution in [3.05, 3.63) is 169 Å². The van der Waals surface area contributed by atoms with E-state index in [4.69, 9.17) is 4.42 Å². The van der Waals surface area contributed by atoms with Gasteiger partial charge in [-0.3, -0.25) is 0 Å². The van der Waals surface area contributed by atoms with Crippen molar-refractivity contribution in [2.24, 2.45) is 0 Å². The highest BCUT2D eigenvalue weighted by Gasteiger charge is 2.23. The fourth-order valence-electron chi connectivity index (χ4n) is 9.63. The van der Waals surface area contributed by atoms with E-state index in [1.54, 1.807) is 0 Å². The molecular weight excluding hydrogens is 669 g/mol. The lowest BCUT2D eigenvalue weighted by atomic mass is 9.84. The fraction of sp³-hybridized carbons (Fsp3) is 0.231. The van der Waals surface area contributed by atoms with Gasteiger partial charge in [0.2, 0.25) is 0 Å². The lowest BCUT2D eigenvalue weighted by Crippen LogP contribution is -2.11. The molecule has 0 aliphatic heterocycles. The monoisotopic (exact) mass is 716 g/mol. The molecule has 7 aromatic carbocycles. The molecule has 0 radical (unpaired) electrons. The van der Waals surface area contributed by atoms with Crippen molar-refractivity contribution >= 4 is 66.8 Å². The van der Waals surface area contributed by atoms with Crippen molar-refractivity contribution in [1.82, 2.24) is 0 Å². The first-order chi connectivity index (χ1) is 27.3. The molecule has 0 saturated heterocycles. The van der Waals surface area contributed by atoms with Gasteiger partial charge in [-0.2, -0.15) is 0 Å². The number of hydrogen-bond donors (Lipinski definition) is 0. The number of para-hydroxylation sites is 2. The molecule has 272 valence electrons. The maximum atomic E-state index is 6.81. The minimum Gasteiger partial charge on any atom is -0.456 e. The first-order valence-corrected chi connectivity index (χ1v) is 20.6. The molecule has 1 heterocycles. The lowest BCUT2D eigenvalue weighted by molar-refractivity contribution is 0.443. The van der Waals surface area contributed by atoms with E-state index in [0.717, 1.165) is 56.1 Å². The van der Waals surface area contributed by atoms with Crippen LogP contribution in [-0.2, 0) is 0 Å². The Morgan fingerprint density at radius 1 is 0.364 bits per heavy atom. The van der Waals surface area contributed by atoms with Crippen molar-refractivity contribution in [2.75, 3.05) is 9.80 Å². The topological polar surface area (TPSA) is 19.6 Å². The van der Waals surface area contributed by atoms with Gasteiger partial charge in [0.25, 0.3) is 0 Å². The van der Waals surface area contributed by atoms with Crippen LogP contribution in [0.25, 0.3) is 32.7 Å². The minimum absolute atomic E-state index is 0.671. The molecule has 0 atom stereocenters. The molecule has 0 amide bonds. The molecule has 0 spiro atoms. The Hall–Kier alpha value is -5.80. The Kier molecular flexibility index (Phi) is 9.08. The second-order valence-corrected chi connectivity index (χ2v) is 15.8. The highest BCUT2D eigenvalue weighted by Crippen LogP contribution is 2.47. The predicted molar refractivity (Wildman–Crippen MR) is 232 cm³/mol. The van der Waals surface area contributed by atoms with Gasteiger partial charge in [-0.1, -0.05) is 123 Å². The summed E-state index contributed by atoms with van der Waals surface area (Å²) < 4.78 is 6.81. The number of nitrogens with zero attached hydrogens (tertiary/aromatic N) is 2. The summed E-state index contributed by atoms with van der Waals surface area (Å²) in [5.74, 6) is 1.35. The van der Waals surface area contributed by atoms with Crippen LogP contribution in [0.1, 0.15) is 87.2 Å². The Bertz CT molecular complexity index is 2540. The quantitative estimate of drug-likeness (QED) is 0.156. The third kappa shape index (κ3) is 6.46. The van der Waals surface area contributed by atoms with Gasteiger partial charge < -0.3 is 14.2 Å². The van der Waals surface area contributed by atoms with E-state index in [-0.39, 0.29) is 0 Å². The van der Waals surface area contributed by atoms with Crippen molar-refractivity contribution in [3.8, 4) is 0 Å². The summed E-state index contributed by atoms with van der Waals surface area (Å²) in [5, 5.41) is 4.66. The molecule has 8 aromatic rings. The molecule has 3 heteroatoms. The first-order valence-electron chi connectivity index (χ1n) is 20.6. The van der Waals surface area contributed by atoms with Crippen molar-refractivity contribution in [2.45, 2.75) is 76.0 Å². The number of benzene rings is 7. The molecule has 2 aliphatic rings. The molecule has 1 aromatic heterocycles. The third-order valence-corrected chi connectivity index (χ3v) is 12.4. The van der Waals surface area contributed by atoms with E-state index in [1.807, 2.05) is 0 Å². The highest BCUT2D eigenvalue weighted by atomic mass is 16.3. The van der Waals surface area contributed by atoms with Crippen LogP contribution in [0.5, 0.6) is 0 Å². The van der Waals surface area contributed by atoms with Crippen LogP contribution < -0.4 is 9.80 Å². The lowest BCUT2D eigenvalue weighted by Gasteiger charge is -2.28. The summed E-state index contributed by atoms with van der Waals surface area (Å²) in [4.78, 5) is 4.78. The van der Waals surface area contributed by atoms with Gasteiger partial charge in [-0.25, -0.2) is 0 Å². The van der Waals surface area contributed by atoms with Crippen LogP contribution in [0.3, 0.4) is 0 Å². The van der Waals surface area contributed by atoms with Gasteiger partial charge >= 0.3 is 0 Å². The van der Waals surface area contributed by atoms with Gasteiger partial charge in [0, 0.05) is 50.7 Å². The Morgan fingerprint density at radius 3 is 1.42 bits per heavy atom. The van der Waals surface area contributed by atoms with E-state index in [9.17, 15) is 0 Å². The molecular formula is C52H48N2O. The van der Waals surface area contributed by atoms with E-state index >= 15 is 0 Å². The molecule has 55 heavy (non-hydrogen) atoms. The van der Waals surface area contributed by atoms with Crippen LogP contribution in [-0.4, -0.2) is 0 Å². The zero-order valence-corrected chi connectivity index (χ0v) is 31.5. The standard InChI is InChI=1S/C52H48N2O/c1-5-15-37(16-6-1)39-25-29-43(30-26-39)53(41-19-9-3-10-20-41)45-33-34-50-48(35-45)52-47-24-14-13-23-46(47)49(36-51(52)55-50)54(42-21-11-4-12-22-42)44-31-27-40(28-32-44)38-17-7-2-8-18-38/h3-4,9-14,19-38H,1-2,5-8,15-18H2. The van der Waals surface area contributed by atoms with E-state index in [1.165, 1.54) is 86.1 Å². The first kappa shape index (κ1) is 33.7. The van der Waals surface area contributed by atoms with Crippen LogP contribution in [0.2, 0.25) is 0 Å². The maximum Gasteiger partial charge on any atom is 0.138 e. The average Bonchev–Trinajstić information content (AvgIpc) is 3.64. The molecule has 3 nitrogen and oxygen atoms in total.